The summed E-state index contributed by atoms with van der Waals surface area (Å²) in [5.74, 6) is 0.613. The molecule has 2 aromatic heterocycles. The van der Waals surface area contributed by atoms with Crippen LogP contribution in [0.4, 0.5) is 10.2 Å². The van der Waals surface area contributed by atoms with Gasteiger partial charge in [-0.25, -0.2) is 14.4 Å². The van der Waals surface area contributed by atoms with E-state index in [0.29, 0.717) is 0 Å². The number of carbonyl (C=O) groups excluding carboxylic acids is 1. The third-order valence-corrected chi connectivity index (χ3v) is 5.64. The molecule has 26 heavy (non-hydrogen) atoms. The number of halogens is 1. The van der Waals surface area contributed by atoms with Crippen LogP contribution in [0.5, 0.6) is 0 Å². The van der Waals surface area contributed by atoms with Gasteiger partial charge in [-0.3, -0.25) is 4.79 Å². The molecule has 7 heteroatoms. The number of rotatable bonds is 3. The lowest BCUT2D eigenvalue weighted by Gasteiger charge is -2.27. The van der Waals surface area contributed by atoms with Crippen molar-refractivity contribution in [1.82, 2.24) is 14.9 Å². The fourth-order valence-corrected chi connectivity index (χ4v) is 4.40. The average molecular weight is 370 g/mol. The summed E-state index contributed by atoms with van der Waals surface area (Å²) in [6, 6.07) is 6.23. The minimum atomic E-state index is -0.263. The number of anilines is 1. The zero-order valence-electron chi connectivity index (χ0n) is 14.6. The predicted octanol–water partition coefficient (Wildman–Crippen LogP) is 3.55. The highest BCUT2D eigenvalue weighted by Gasteiger charge is 2.34. The van der Waals surface area contributed by atoms with Gasteiger partial charge in [-0.15, -0.1) is 11.3 Å². The molecule has 1 atom stereocenters. The van der Waals surface area contributed by atoms with Crippen molar-refractivity contribution in [2.24, 2.45) is 0 Å². The van der Waals surface area contributed by atoms with Crippen LogP contribution in [0.25, 0.3) is 21.3 Å². The number of benzene rings is 1. The van der Waals surface area contributed by atoms with Crippen molar-refractivity contribution in [3.8, 4) is 11.1 Å². The summed E-state index contributed by atoms with van der Waals surface area (Å²) in [6.07, 6.45) is 3.32. The fraction of sp³-hybridized carbons (Fsp3) is 0.316. The van der Waals surface area contributed by atoms with Gasteiger partial charge in [0.15, 0.2) is 0 Å². The summed E-state index contributed by atoms with van der Waals surface area (Å²) in [7, 11) is 3.56. The summed E-state index contributed by atoms with van der Waals surface area (Å²) >= 11 is 1.53. The minimum absolute atomic E-state index is 0.0906. The molecule has 0 unspecified atom stereocenters. The van der Waals surface area contributed by atoms with Crippen molar-refractivity contribution in [1.29, 1.82) is 0 Å². The van der Waals surface area contributed by atoms with Crippen LogP contribution >= 0.6 is 11.3 Å². The largest absolute Gasteiger partial charge is 0.347 e. The third kappa shape index (κ3) is 2.82. The highest BCUT2D eigenvalue weighted by molar-refractivity contribution is 7.17. The van der Waals surface area contributed by atoms with Crippen LogP contribution in [0.15, 0.2) is 36.0 Å². The number of nitrogens with zero attached hydrogens (tertiary/aromatic N) is 4. The van der Waals surface area contributed by atoms with Gasteiger partial charge >= 0.3 is 0 Å². The molecule has 1 aromatic carbocycles. The summed E-state index contributed by atoms with van der Waals surface area (Å²) in [6.45, 7) is 0.787. The molecular formula is C19H19FN4OS. The molecule has 134 valence electrons. The number of aromatic nitrogens is 2. The van der Waals surface area contributed by atoms with E-state index in [1.54, 1.807) is 37.5 Å². The highest BCUT2D eigenvalue weighted by atomic mass is 32.1. The number of fused-ring (bicyclic) bond motifs is 1. The molecule has 0 aliphatic carbocycles. The molecule has 0 bridgehead atoms. The summed E-state index contributed by atoms with van der Waals surface area (Å²) in [5.41, 5.74) is 1.90. The van der Waals surface area contributed by atoms with Crippen LogP contribution in [0, 0.1) is 5.82 Å². The molecule has 1 saturated heterocycles. The molecule has 0 N–H and O–H groups in total. The maximum Gasteiger partial charge on any atom is 0.244 e. The van der Waals surface area contributed by atoms with Crippen LogP contribution in [-0.2, 0) is 4.79 Å². The molecule has 0 radical (unpaired) electrons. The molecule has 1 aliphatic rings. The Kier molecular flexibility index (Phi) is 4.32. The van der Waals surface area contributed by atoms with Gasteiger partial charge in [-0.05, 0) is 30.5 Å². The first-order valence-electron chi connectivity index (χ1n) is 8.52. The van der Waals surface area contributed by atoms with Gasteiger partial charge < -0.3 is 9.80 Å². The Balaban J connectivity index is 1.84. The van der Waals surface area contributed by atoms with Crippen LogP contribution in [-0.4, -0.2) is 47.5 Å². The van der Waals surface area contributed by atoms with E-state index >= 15 is 0 Å². The smallest absolute Gasteiger partial charge is 0.244 e. The van der Waals surface area contributed by atoms with E-state index in [4.69, 9.17) is 0 Å². The van der Waals surface area contributed by atoms with Crippen LogP contribution in [0.3, 0.4) is 0 Å². The average Bonchev–Trinajstić information content (AvgIpc) is 3.28. The number of likely N-dealkylation sites (N-methyl/N-ethyl adjacent to an activating group) is 1. The normalized spacial score (nSPS) is 17.0. The molecule has 1 fully saturated rings. The Morgan fingerprint density at radius 2 is 2.04 bits per heavy atom. The Morgan fingerprint density at radius 3 is 2.77 bits per heavy atom. The molecule has 1 aliphatic heterocycles. The lowest BCUT2D eigenvalue weighted by atomic mass is 10.1. The van der Waals surface area contributed by atoms with Gasteiger partial charge in [0.2, 0.25) is 5.91 Å². The van der Waals surface area contributed by atoms with Gasteiger partial charge in [-0.2, -0.15) is 0 Å². The summed E-state index contributed by atoms with van der Waals surface area (Å²) < 4.78 is 13.3. The van der Waals surface area contributed by atoms with E-state index in [0.717, 1.165) is 46.5 Å². The maximum atomic E-state index is 13.3. The lowest BCUT2D eigenvalue weighted by molar-refractivity contribution is -0.129. The van der Waals surface area contributed by atoms with Crippen molar-refractivity contribution >= 4 is 33.3 Å². The highest BCUT2D eigenvalue weighted by Crippen LogP contribution is 2.39. The Labute approximate surface area is 155 Å². The third-order valence-electron chi connectivity index (χ3n) is 4.76. The second-order valence-corrected chi connectivity index (χ2v) is 7.48. The van der Waals surface area contributed by atoms with Gasteiger partial charge in [0.25, 0.3) is 0 Å². The number of thiophene rings is 1. The quantitative estimate of drug-likeness (QED) is 0.707. The van der Waals surface area contributed by atoms with Gasteiger partial charge in [-0.1, -0.05) is 12.1 Å². The van der Waals surface area contributed by atoms with E-state index in [1.807, 2.05) is 5.38 Å². The Morgan fingerprint density at radius 1 is 1.27 bits per heavy atom. The topological polar surface area (TPSA) is 49.3 Å². The summed E-state index contributed by atoms with van der Waals surface area (Å²) in [4.78, 5) is 26.1. The Bertz CT molecular complexity index is 954. The molecule has 1 amide bonds. The van der Waals surface area contributed by atoms with E-state index in [-0.39, 0.29) is 17.8 Å². The van der Waals surface area contributed by atoms with Crippen LogP contribution in [0.2, 0.25) is 0 Å². The number of carbonyl (C=O) groups is 1. The van der Waals surface area contributed by atoms with Crippen molar-refractivity contribution in [3.63, 3.8) is 0 Å². The first-order valence-corrected chi connectivity index (χ1v) is 9.40. The molecule has 5 nitrogen and oxygen atoms in total. The van der Waals surface area contributed by atoms with Crippen LogP contribution < -0.4 is 4.90 Å². The SMILES string of the molecule is CN(C)C(=O)[C@H]1CCCN1c1ncnc2scc(-c3ccc(F)cc3)c12. The lowest BCUT2D eigenvalue weighted by Crippen LogP contribution is -2.43. The molecule has 0 spiro atoms. The molecule has 0 saturated carbocycles. The molecular weight excluding hydrogens is 351 g/mol. The summed E-state index contributed by atoms with van der Waals surface area (Å²) in [5, 5.41) is 2.96. The van der Waals surface area contributed by atoms with Crippen LogP contribution in [0.1, 0.15) is 12.8 Å². The van der Waals surface area contributed by atoms with E-state index in [1.165, 1.54) is 23.5 Å². The molecule has 3 heterocycles. The number of hydrogen-bond acceptors (Lipinski definition) is 5. The van der Waals surface area contributed by atoms with Crippen molar-refractivity contribution in [3.05, 3.63) is 41.8 Å². The van der Waals surface area contributed by atoms with Gasteiger partial charge in [0.05, 0.1) is 5.39 Å². The van der Waals surface area contributed by atoms with Crippen molar-refractivity contribution in [2.75, 3.05) is 25.5 Å². The first kappa shape index (κ1) is 16.9. The van der Waals surface area contributed by atoms with E-state index in [9.17, 15) is 9.18 Å². The molecule has 4 rings (SSSR count). The van der Waals surface area contributed by atoms with E-state index in [2.05, 4.69) is 14.9 Å². The Hall–Kier alpha value is -2.54. The fourth-order valence-electron chi connectivity index (χ4n) is 3.49. The van der Waals surface area contributed by atoms with Crippen molar-refractivity contribution < 1.29 is 9.18 Å². The molecule has 3 aromatic rings. The maximum absolute atomic E-state index is 13.3. The van der Waals surface area contributed by atoms with E-state index < -0.39 is 0 Å². The number of amides is 1. The zero-order chi connectivity index (χ0) is 18.3. The van der Waals surface area contributed by atoms with Gasteiger partial charge in [0, 0.05) is 31.6 Å². The number of hydrogen-bond donors (Lipinski definition) is 0. The first-order chi connectivity index (χ1) is 12.6. The zero-order valence-corrected chi connectivity index (χ0v) is 15.5. The minimum Gasteiger partial charge on any atom is -0.347 e. The monoisotopic (exact) mass is 370 g/mol. The van der Waals surface area contributed by atoms with Crippen molar-refractivity contribution in [2.45, 2.75) is 18.9 Å². The second kappa shape index (κ2) is 6.64. The second-order valence-electron chi connectivity index (χ2n) is 6.62. The van der Waals surface area contributed by atoms with Gasteiger partial charge in [0.1, 0.15) is 28.8 Å². The predicted molar refractivity (Wildman–Crippen MR) is 102 cm³/mol. The standard InChI is InChI=1S/C19H19FN4OS/c1-23(2)19(25)15-4-3-9-24(15)17-16-14(10-26-18(16)22-11-21-17)12-5-7-13(20)8-6-12/h5-8,10-11,15H,3-4,9H2,1-2H3/t15-/m1/s1.